The van der Waals surface area contributed by atoms with Gasteiger partial charge in [0, 0.05) is 22.9 Å². The van der Waals surface area contributed by atoms with Crippen molar-refractivity contribution < 1.29 is 26.8 Å². The van der Waals surface area contributed by atoms with Crippen LogP contribution in [0.2, 0.25) is 5.02 Å². The molecule has 3 aromatic rings. The number of aromatic nitrogens is 1. The zero-order valence-corrected chi connectivity index (χ0v) is 19.8. The monoisotopic (exact) mass is 505 g/mol. The van der Waals surface area contributed by atoms with E-state index in [1.54, 1.807) is 18.2 Å². The highest BCUT2D eigenvalue weighted by Gasteiger charge is 2.31. The van der Waals surface area contributed by atoms with E-state index in [1.165, 1.54) is 12.1 Å². The van der Waals surface area contributed by atoms with Gasteiger partial charge in [0.2, 0.25) is 11.0 Å². The number of sulfonamides is 1. The average molecular weight is 506 g/mol. The summed E-state index contributed by atoms with van der Waals surface area (Å²) >= 11 is 6.02. The minimum absolute atomic E-state index is 0.0777. The number of benzene rings is 1. The summed E-state index contributed by atoms with van der Waals surface area (Å²) in [5.41, 5.74) is 1.42. The Labute approximate surface area is 201 Å². The van der Waals surface area contributed by atoms with E-state index in [1.807, 2.05) is 4.72 Å². The third-order valence-electron chi connectivity index (χ3n) is 6.56. The number of fused-ring (bicyclic) bond motifs is 1. The third kappa shape index (κ3) is 4.69. The van der Waals surface area contributed by atoms with E-state index >= 15 is 0 Å². The molecule has 1 aromatic carbocycles. The number of carbonyl (C=O) groups excluding carboxylic acids is 2. The number of nitrogens with zero attached hydrogens (tertiary/aromatic N) is 1. The van der Waals surface area contributed by atoms with Gasteiger partial charge in [-0.3, -0.25) is 9.59 Å². The van der Waals surface area contributed by atoms with Crippen molar-refractivity contribution >= 4 is 44.5 Å². The van der Waals surface area contributed by atoms with Gasteiger partial charge in [-0.1, -0.05) is 18.0 Å². The van der Waals surface area contributed by atoms with Gasteiger partial charge < -0.3 is 14.2 Å². The number of halogens is 1. The summed E-state index contributed by atoms with van der Waals surface area (Å²) in [6.07, 6.45) is 5.28. The Morgan fingerprint density at radius 3 is 2.47 bits per heavy atom. The molecule has 2 aliphatic carbocycles. The summed E-state index contributed by atoms with van der Waals surface area (Å²) < 4.78 is 37.9. The maximum absolute atomic E-state index is 12.6. The Bertz CT molecular complexity index is 1340. The molecule has 2 heterocycles. The van der Waals surface area contributed by atoms with Crippen LogP contribution in [0.4, 0.5) is 0 Å². The second-order valence-electron chi connectivity index (χ2n) is 8.90. The fraction of sp³-hybridized carbons (Fsp3) is 0.435. The van der Waals surface area contributed by atoms with Crippen LogP contribution in [-0.4, -0.2) is 31.3 Å². The van der Waals surface area contributed by atoms with Gasteiger partial charge >= 0.3 is 0 Å². The highest BCUT2D eigenvalue weighted by atomic mass is 35.5. The first kappa shape index (κ1) is 22.9. The highest BCUT2D eigenvalue weighted by Crippen LogP contribution is 2.34. The van der Waals surface area contributed by atoms with Crippen molar-refractivity contribution in [1.29, 1.82) is 0 Å². The summed E-state index contributed by atoms with van der Waals surface area (Å²) in [5.74, 6) is -0.602. The molecule has 0 spiro atoms. The molecule has 0 unspecified atom stereocenters. The third-order valence-corrected chi connectivity index (χ3v) is 8.01. The Morgan fingerprint density at radius 1 is 1.00 bits per heavy atom. The molecule has 0 saturated heterocycles. The molecule has 2 aromatic heterocycles. The van der Waals surface area contributed by atoms with Crippen LogP contribution in [0, 0.1) is 5.92 Å². The van der Waals surface area contributed by atoms with Gasteiger partial charge in [-0.25, -0.2) is 9.71 Å². The topological polar surface area (TPSA) is 132 Å². The smallest absolute Gasteiger partial charge is 0.297 e. The molecule has 180 valence electrons. The van der Waals surface area contributed by atoms with Crippen molar-refractivity contribution in [3.05, 3.63) is 47.0 Å². The van der Waals surface area contributed by atoms with Gasteiger partial charge in [0.05, 0.1) is 0 Å². The number of hydrogen-bond donors (Lipinski definition) is 2. The number of furan rings is 1. The van der Waals surface area contributed by atoms with Crippen molar-refractivity contribution in [2.24, 2.45) is 5.92 Å². The summed E-state index contributed by atoms with van der Waals surface area (Å²) in [7, 11) is -4.15. The molecular formula is C23H24ClN3O6S. The second kappa shape index (κ2) is 9.07. The maximum Gasteiger partial charge on any atom is 0.297 e. The van der Waals surface area contributed by atoms with Crippen LogP contribution in [0.15, 0.2) is 44.3 Å². The maximum atomic E-state index is 12.6. The summed E-state index contributed by atoms with van der Waals surface area (Å²) in [5, 5.41) is 3.05. The van der Waals surface area contributed by atoms with Gasteiger partial charge in [0.25, 0.3) is 15.9 Å². The molecule has 2 amide bonds. The number of carbonyl (C=O) groups is 2. The summed E-state index contributed by atoms with van der Waals surface area (Å²) in [6.45, 7) is 0. The van der Waals surface area contributed by atoms with Crippen molar-refractivity contribution in [3.63, 3.8) is 0 Å². The zero-order chi connectivity index (χ0) is 23.9. The van der Waals surface area contributed by atoms with Gasteiger partial charge in [-0.2, -0.15) is 8.42 Å². The van der Waals surface area contributed by atoms with Crippen LogP contribution >= 0.6 is 11.6 Å². The van der Waals surface area contributed by atoms with Crippen molar-refractivity contribution in [1.82, 2.24) is 15.0 Å². The predicted molar refractivity (Wildman–Crippen MR) is 123 cm³/mol. The van der Waals surface area contributed by atoms with Crippen LogP contribution in [0.25, 0.3) is 11.1 Å². The van der Waals surface area contributed by atoms with E-state index in [2.05, 4.69) is 10.3 Å². The van der Waals surface area contributed by atoms with Gasteiger partial charge in [-0.05, 0) is 68.9 Å². The van der Waals surface area contributed by atoms with Crippen molar-refractivity contribution in [2.45, 2.75) is 62.0 Å². The Morgan fingerprint density at radius 2 is 1.76 bits per heavy atom. The molecule has 9 nitrogen and oxygen atoms in total. The van der Waals surface area contributed by atoms with E-state index in [4.69, 9.17) is 20.4 Å². The van der Waals surface area contributed by atoms with Crippen LogP contribution in [0.5, 0.6) is 0 Å². The largest absolute Gasteiger partial charge is 0.440 e. The lowest BCUT2D eigenvalue weighted by Crippen LogP contribution is -2.38. The van der Waals surface area contributed by atoms with E-state index in [0.717, 1.165) is 37.6 Å². The fourth-order valence-corrected chi connectivity index (χ4v) is 5.50. The number of rotatable bonds is 6. The fourth-order valence-electron chi connectivity index (χ4n) is 4.36. The van der Waals surface area contributed by atoms with Crippen LogP contribution < -0.4 is 10.0 Å². The second-order valence-corrected chi connectivity index (χ2v) is 11.0. The lowest BCUT2D eigenvalue weighted by molar-refractivity contribution is -0.125. The molecule has 2 saturated carbocycles. The highest BCUT2D eigenvalue weighted by molar-refractivity contribution is 7.89. The standard InChI is InChI=1S/C23H24ClN3O6S/c24-15-6-9-18-17(12-15)26-23(33-18)14-4-7-16(8-5-14)25-22(29)19-10-11-20(32-19)34(30,31)27-21(28)13-2-1-3-13/h6,9-14,16H,1-5,7-8H2,(H,25,29)(H,27,28). The first-order chi connectivity index (χ1) is 16.3. The number of hydrogen-bond acceptors (Lipinski definition) is 7. The van der Waals surface area contributed by atoms with Crippen molar-refractivity contribution in [2.75, 3.05) is 0 Å². The Balaban J connectivity index is 1.16. The molecule has 2 aliphatic rings. The first-order valence-electron chi connectivity index (χ1n) is 11.3. The molecule has 0 bridgehead atoms. The first-order valence-corrected chi connectivity index (χ1v) is 13.2. The average Bonchev–Trinajstić information content (AvgIpc) is 3.40. The molecule has 5 rings (SSSR count). The van der Waals surface area contributed by atoms with Gasteiger partial charge in [0.1, 0.15) is 5.52 Å². The zero-order valence-electron chi connectivity index (χ0n) is 18.3. The lowest BCUT2D eigenvalue weighted by atomic mass is 9.85. The molecule has 2 fully saturated rings. The molecule has 0 atom stereocenters. The van der Waals surface area contributed by atoms with Crippen LogP contribution in [0.1, 0.15) is 67.3 Å². The molecule has 34 heavy (non-hydrogen) atoms. The summed E-state index contributed by atoms with van der Waals surface area (Å²) in [4.78, 5) is 29.2. The molecule has 0 aliphatic heterocycles. The number of oxazole rings is 1. The minimum Gasteiger partial charge on any atom is -0.440 e. The Kier molecular flexibility index (Phi) is 6.11. The van der Waals surface area contributed by atoms with Crippen LogP contribution in [-0.2, 0) is 14.8 Å². The Hall–Kier alpha value is -2.85. The molecule has 2 N–H and O–H groups in total. The lowest BCUT2D eigenvalue weighted by Gasteiger charge is -2.27. The van der Waals surface area contributed by atoms with E-state index in [0.29, 0.717) is 29.3 Å². The quantitative estimate of drug-likeness (QED) is 0.514. The van der Waals surface area contributed by atoms with Gasteiger partial charge in [0.15, 0.2) is 17.2 Å². The predicted octanol–water partition coefficient (Wildman–Crippen LogP) is 4.14. The van der Waals surface area contributed by atoms with E-state index < -0.39 is 26.9 Å². The summed E-state index contributed by atoms with van der Waals surface area (Å²) in [6, 6.07) is 7.74. The molecular weight excluding hydrogens is 482 g/mol. The molecule has 0 radical (unpaired) electrons. The van der Waals surface area contributed by atoms with E-state index in [-0.39, 0.29) is 23.6 Å². The minimum atomic E-state index is -4.15. The van der Waals surface area contributed by atoms with Crippen molar-refractivity contribution in [3.8, 4) is 0 Å². The van der Waals surface area contributed by atoms with Gasteiger partial charge in [-0.15, -0.1) is 0 Å². The number of nitrogens with one attached hydrogen (secondary N) is 2. The molecule has 11 heteroatoms. The van der Waals surface area contributed by atoms with Crippen LogP contribution in [0.3, 0.4) is 0 Å². The SMILES string of the molecule is O=C(NC1CCC(c2nc3cc(Cl)ccc3o2)CC1)c1ccc(S(=O)(=O)NC(=O)C2CCC2)o1. The number of amides is 2. The normalized spacial score (nSPS) is 21.2. The van der Waals surface area contributed by atoms with E-state index in [9.17, 15) is 18.0 Å².